The number of aromatic amines is 1. The second-order valence-corrected chi connectivity index (χ2v) is 9.17. The molecule has 0 saturated carbocycles. The SMILES string of the molecule is CCCCc1cc(=O)oc2c(C)c(OC(C)C(=O)NC(Cc3c[nH]c4ccc(O)cc34)C(=O)O)ccc12. The van der Waals surface area contributed by atoms with Crippen molar-refractivity contribution in [1.29, 1.82) is 0 Å². The van der Waals surface area contributed by atoms with Crippen LogP contribution in [0.5, 0.6) is 11.5 Å². The fourth-order valence-electron chi connectivity index (χ4n) is 4.40. The van der Waals surface area contributed by atoms with Gasteiger partial charge in [0.2, 0.25) is 0 Å². The molecule has 0 saturated heterocycles. The largest absolute Gasteiger partial charge is 0.508 e. The summed E-state index contributed by atoms with van der Waals surface area (Å²) in [5.41, 5.74) is 2.85. The quantitative estimate of drug-likeness (QED) is 0.236. The van der Waals surface area contributed by atoms with Gasteiger partial charge in [-0.25, -0.2) is 9.59 Å². The maximum absolute atomic E-state index is 12.9. The molecule has 37 heavy (non-hydrogen) atoms. The number of amides is 1. The molecule has 2 heterocycles. The number of aromatic nitrogens is 1. The van der Waals surface area contributed by atoms with Crippen LogP contribution in [0.1, 0.15) is 43.4 Å². The van der Waals surface area contributed by atoms with Gasteiger partial charge in [0.25, 0.3) is 5.91 Å². The van der Waals surface area contributed by atoms with Gasteiger partial charge in [-0.15, -0.1) is 0 Å². The molecule has 4 N–H and O–H groups in total. The van der Waals surface area contributed by atoms with Crippen molar-refractivity contribution in [2.24, 2.45) is 0 Å². The lowest BCUT2D eigenvalue weighted by Gasteiger charge is -2.20. The number of ether oxygens (including phenoxy) is 1. The van der Waals surface area contributed by atoms with E-state index in [1.54, 1.807) is 31.3 Å². The molecule has 2 atom stereocenters. The predicted molar refractivity (Wildman–Crippen MR) is 139 cm³/mol. The average Bonchev–Trinajstić information content (AvgIpc) is 3.25. The van der Waals surface area contributed by atoms with Crippen LogP contribution in [0.15, 0.2) is 51.8 Å². The Morgan fingerprint density at radius 1 is 1.14 bits per heavy atom. The number of hydrogen-bond donors (Lipinski definition) is 4. The second kappa shape index (κ2) is 10.8. The minimum absolute atomic E-state index is 0.0118. The number of carboxylic acid groups (broad SMARTS) is 1. The summed E-state index contributed by atoms with van der Waals surface area (Å²) in [6.45, 7) is 5.36. The molecule has 2 aromatic heterocycles. The van der Waals surface area contributed by atoms with Crippen LogP contribution in [0.3, 0.4) is 0 Å². The summed E-state index contributed by atoms with van der Waals surface area (Å²) in [5.74, 6) is -1.37. The first-order valence-corrected chi connectivity index (χ1v) is 12.2. The van der Waals surface area contributed by atoms with Crippen molar-refractivity contribution in [1.82, 2.24) is 10.3 Å². The van der Waals surface area contributed by atoms with E-state index in [0.29, 0.717) is 27.8 Å². The van der Waals surface area contributed by atoms with Gasteiger partial charge >= 0.3 is 11.6 Å². The van der Waals surface area contributed by atoms with Crippen molar-refractivity contribution in [3.05, 3.63) is 69.7 Å². The van der Waals surface area contributed by atoms with Crippen molar-refractivity contribution in [3.8, 4) is 11.5 Å². The van der Waals surface area contributed by atoms with Crippen molar-refractivity contribution in [3.63, 3.8) is 0 Å². The van der Waals surface area contributed by atoms with Crippen LogP contribution in [0.4, 0.5) is 0 Å². The molecule has 0 bridgehead atoms. The second-order valence-electron chi connectivity index (χ2n) is 9.17. The van der Waals surface area contributed by atoms with Gasteiger partial charge in [0, 0.05) is 40.5 Å². The van der Waals surface area contributed by atoms with E-state index < -0.39 is 29.6 Å². The summed E-state index contributed by atoms with van der Waals surface area (Å²) >= 11 is 0. The van der Waals surface area contributed by atoms with E-state index in [2.05, 4.69) is 17.2 Å². The molecule has 0 aliphatic rings. The molecular formula is C28H30N2O7. The molecule has 0 aliphatic carbocycles. The van der Waals surface area contributed by atoms with Crippen LogP contribution in [-0.4, -0.2) is 39.2 Å². The Balaban J connectivity index is 1.51. The standard InChI is InChI=1S/C28H30N2O7/c1-4-5-6-17-12-25(32)37-26-15(2)24(10-8-20(17)26)36-16(3)27(33)30-23(28(34)35)11-18-14-29-22-9-7-19(31)13-21(18)22/h7-10,12-14,16,23,29,31H,4-6,11H2,1-3H3,(H,30,33)(H,34,35). The molecule has 0 aliphatic heterocycles. The lowest BCUT2D eigenvalue weighted by Crippen LogP contribution is -2.47. The number of aromatic hydroxyl groups is 1. The Labute approximate surface area is 213 Å². The summed E-state index contributed by atoms with van der Waals surface area (Å²) in [6.07, 6.45) is 3.35. The number of phenolic OH excluding ortho intramolecular Hbond substituents is 1. The van der Waals surface area contributed by atoms with Gasteiger partial charge in [-0.05, 0) is 68.1 Å². The van der Waals surface area contributed by atoms with E-state index in [4.69, 9.17) is 9.15 Å². The maximum atomic E-state index is 12.9. The third-order valence-electron chi connectivity index (χ3n) is 6.46. The van der Waals surface area contributed by atoms with Crippen LogP contribution >= 0.6 is 0 Å². The maximum Gasteiger partial charge on any atom is 0.336 e. The Kier molecular flexibility index (Phi) is 7.52. The molecule has 2 aromatic carbocycles. The lowest BCUT2D eigenvalue weighted by atomic mass is 10.0. The molecule has 1 amide bonds. The fourth-order valence-corrected chi connectivity index (χ4v) is 4.40. The van der Waals surface area contributed by atoms with E-state index in [-0.39, 0.29) is 12.2 Å². The van der Waals surface area contributed by atoms with E-state index in [1.807, 2.05) is 6.07 Å². The number of nitrogens with one attached hydrogen (secondary N) is 2. The number of aliphatic carboxylic acids is 1. The predicted octanol–water partition coefficient (Wildman–Crippen LogP) is 4.21. The highest BCUT2D eigenvalue weighted by Gasteiger charge is 2.26. The van der Waals surface area contributed by atoms with Gasteiger partial charge < -0.3 is 29.7 Å². The number of phenols is 1. The number of hydrogen-bond acceptors (Lipinski definition) is 6. The molecular weight excluding hydrogens is 476 g/mol. The molecule has 0 spiro atoms. The van der Waals surface area contributed by atoms with Crippen LogP contribution < -0.4 is 15.7 Å². The Morgan fingerprint density at radius 2 is 1.92 bits per heavy atom. The minimum atomic E-state index is -1.21. The van der Waals surface area contributed by atoms with Gasteiger partial charge in [-0.3, -0.25) is 4.79 Å². The highest BCUT2D eigenvalue weighted by atomic mass is 16.5. The minimum Gasteiger partial charge on any atom is -0.508 e. The van der Waals surface area contributed by atoms with Crippen molar-refractivity contribution in [2.75, 3.05) is 0 Å². The zero-order valence-corrected chi connectivity index (χ0v) is 21.0. The molecule has 0 radical (unpaired) electrons. The van der Waals surface area contributed by atoms with Gasteiger partial charge in [0.1, 0.15) is 23.1 Å². The first kappa shape index (κ1) is 25.8. The zero-order valence-electron chi connectivity index (χ0n) is 21.0. The molecule has 0 fully saturated rings. The summed E-state index contributed by atoms with van der Waals surface area (Å²) in [6, 6.07) is 8.60. The van der Waals surface area contributed by atoms with E-state index in [0.717, 1.165) is 35.7 Å². The molecule has 4 aromatic rings. The Morgan fingerprint density at radius 3 is 2.65 bits per heavy atom. The normalized spacial score (nSPS) is 12.9. The topological polar surface area (TPSA) is 142 Å². The average molecular weight is 507 g/mol. The van der Waals surface area contributed by atoms with E-state index in [9.17, 15) is 24.6 Å². The van der Waals surface area contributed by atoms with Crippen molar-refractivity contribution >= 4 is 33.7 Å². The van der Waals surface area contributed by atoms with Gasteiger partial charge in [0.05, 0.1) is 0 Å². The summed E-state index contributed by atoms with van der Waals surface area (Å²) in [7, 11) is 0. The lowest BCUT2D eigenvalue weighted by molar-refractivity contribution is -0.142. The molecule has 9 heteroatoms. The highest BCUT2D eigenvalue weighted by Crippen LogP contribution is 2.30. The monoisotopic (exact) mass is 506 g/mol. The first-order valence-electron chi connectivity index (χ1n) is 12.2. The number of benzene rings is 2. The highest BCUT2D eigenvalue weighted by molar-refractivity contribution is 5.89. The third kappa shape index (κ3) is 5.61. The number of carboxylic acids is 1. The summed E-state index contributed by atoms with van der Waals surface area (Å²) in [5, 5.41) is 23.6. The van der Waals surface area contributed by atoms with Crippen molar-refractivity contribution < 1.29 is 29.0 Å². The zero-order chi connectivity index (χ0) is 26.7. The number of H-pyrrole nitrogens is 1. The fraction of sp³-hybridized carbons (Fsp3) is 0.321. The number of aryl methyl sites for hydroxylation is 2. The van der Waals surface area contributed by atoms with E-state index >= 15 is 0 Å². The van der Waals surface area contributed by atoms with Gasteiger partial charge in [-0.2, -0.15) is 0 Å². The van der Waals surface area contributed by atoms with Gasteiger partial charge in [-0.1, -0.05) is 13.3 Å². The molecule has 2 unspecified atom stereocenters. The number of fused-ring (bicyclic) bond motifs is 2. The van der Waals surface area contributed by atoms with Crippen LogP contribution in [0, 0.1) is 6.92 Å². The Hall–Kier alpha value is -4.27. The summed E-state index contributed by atoms with van der Waals surface area (Å²) in [4.78, 5) is 40.0. The smallest absolute Gasteiger partial charge is 0.336 e. The van der Waals surface area contributed by atoms with Gasteiger partial charge in [0.15, 0.2) is 6.10 Å². The number of carbonyl (C=O) groups is 2. The van der Waals surface area contributed by atoms with Crippen LogP contribution in [-0.2, 0) is 22.4 Å². The Bertz CT molecular complexity index is 1520. The molecule has 9 nitrogen and oxygen atoms in total. The molecule has 4 rings (SSSR count). The van der Waals surface area contributed by atoms with Crippen molar-refractivity contribution in [2.45, 2.75) is 58.6 Å². The first-order chi connectivity index (χ1) is 17.7. The van der Waals surface area contributed by atoms with E-state index in [1.165, 1.54) is 19.1 Å². The van der Waals surface area contributed by atoms with Crippen LogP contribution in [0.25, 0.3) is 21.9 Å². The number of rotatable bonds is 10. The molecule has 194 valence electrons. The number of unbranched alkanes of at least 4 members (excludes halogenated alkanes) is 1. The number of carbonyl (C=O) groups excluding carboxylic acids is 1. The third-order valence-corrected chi connectivity index (χ3v) is 6.46. The summed E-state index contributed by atoms with van der Waals surface area (Å²) < 4.78 is 11.3. The van der Waals surface area contributed by atoms with Crippen LogP contribution in [0.2, 0.25) is 0 Å².